The molecular weight excluding hydrogens is 256 g/mol. The number of nitrogens with one attached hydrogen (secondary N) is 2. The van der Waals surface area contributed by atoms with E-state index in [9.17, 15) is 9.59 Å². The molecule has 1 aliphatic carbocycles. The molecule has 0 spiro atoms. The first-order valence-electron chi connectivity index (χ1n) is 7.75. The molecule has 5 nitrogen and oxygen atoms in total. The van der Waals surface area contributed by atoms with Crippen LogP contribution in [0.2, 0.25) is 0 Å². The molecule has 1 rings (SSSR count). The van der Waals surface area contributed by atoms with Crippen molar-refractivity contribution in [2.75, 3.05) is 6.54 Å². The Morgan fingerprint density at radius 3 is 2.40 bits per heavy atom. The Hall–Kier alpha value is -1.26. The molecule has 0 aromatic rings. The van der Waals surface area contributed by atoms with E-state index in [0.29, 0.717) is 6.54 Å². The van der Waals surface area contributed by atoms with Crippen molar-refractivity contribution in [3.05, 3.63) is 0 Å². The van der Waals surface area contributed by atoms with Gasteiger partial charge in [-0.05, 0) is 18.3 Å². The van der Waals surface area contributed by atoms with Crippen LogP contribution in [0.25, 0.3) is 0 Å². The fraction of sp³-hybridized carbons (Fsp3) is 0.867. The van der Waals surface area contributed by atoms with E-state index in [4.69, 9.17) is 5.11 Å². The summed E-state index contributed by atoms with van der Waals surface area (Å²) in [5.74, 6) is -0.0367. The number of carbonyl (C=O) groups is 2. The lowest BCUT2D eigenvalue weighted by Gasteiger charge is -2.23. The van der Waals surface area contributed by atoms with E-state index in [1.165, 1.54) is 32.1 Å². The third kappa shape index (κ3) is 6.78. The van der Waals surface area contributed by atoms with E-state index >= 15 is 0 Å². The third-order valence-electron chi connectivity index (χ3n) is 4.08. The molecule has 1 aliphatic rings. The molecule has 0 aliphatic heterocycles. The second kappa shape index (κ2) is 8.82. The minimum atomic E-state index is -0.883. The second-order valence-electron chi connectivity index (χ2n) is 6.14. The number of carboxylic acid groups (broad SMARTS) is 1. The highest BCUT2D eigenvalue weighted by molar-refractivity contribution is 5.75. The summed E-state index contributed by atoms with van der Waals surface area (Å²) in [7, 11) is 0. The highest BCUT2D eigenvalue weighted by Gasteiger charge is 2.19. The molecule has 116 valence electrons. The van der Waals surface area contributed by atoms with Crippen LogP contribution in [-0.4, -0.2) is 29.7 Å². The zero-order chi connectivity index (χ0) is 15.0. The molecular formula is C15H28N2O3. The number of carbonyl (C=O) groups excluding carboxylic acids is 1. The van der Waals surface area contributed by atoms with Crippen LogP contribution < -0.4 is 10.6 Å². The quantitative estimate of drug-likeness (QED) is 0.672. The van der Waals surface area contributed by atoms with E-state index in [-0.39, 0.29) is 24.4 Å². The molecule has 1 unspecified atom stereocenters. The molecule has 20 heavy (non-hydrogen) atoms. The molecule has 1 fully saturated rings. The van der Waals surface area contributed by atoms with Crippen molar-refractivity contribution >= 4 is 12.0 Å². The lowest BCUT2D eigenvalue weighted by Crippen LogP contribution is -2.45. The Balaban J connectivity index is 2.21. The Morgan fingerprint density at radius 1 is 1.20 bits per heavy atom. The van der Waals surface area contributed by atoms with Crippen molar-refractivity contribution in [1.82, 2.24) is 10.6 Å². The third-order valence-corrected chi connectivity index (χ3v) is 4.08. The van der Waals surface area contributed by atoms with Gasteiger partial charge < -0.3 is 15.7 Å². The van der Waals surface area contributed by atoms with Crippen LogP contribution in [0.4, 0.5) is 4.79 Å². The van der Waals surface area contributed by atoms with Crippen molar-refractivity contribution in [3.63, 3.8) is 0 Å². The van der Waals surface area contributed by atoms with Crippen molar-refractivity contribution in [2.45, 2.75) is 64.8 Å². The zero-order valence-electron chi connectivity index (χ0n) is 12.7. The highest BCUT2D eigenvalue weighted by Crippen LogP contribution is 2.25. The summed E-state index contributed by atoms with van der Waals surface area (Å²) in [4.78, 5) is 22.5. The average molecular weight is 284 g/mol. The van der Waals surface area contributed by atoms with Crippen LogP contribution in [0.5, 0.6) is 0 Å². The van der Waals surface area contributed by atoms with E-state index in [1.807, 2.05) is 13.8 Å². The fourth-order valence-electron chi connectivity index (χ4n) is 2.73. The van der Waals surface area contributed by atoms with Gasteiger partial charge in [0, 0.05) is 12.6 Å². The van der Waals surface area contributed by atoms with Gasteiger partial charge in [0.25, 0.3) is 0 Å². The number of carboxylic acids is 1. The van der Waals surface area contributed by atoms with Crippen LogP contribution in [0.15, 0.2) is 0 Å². The first kappa shape index (κ1) is 16.8. The van der Waals surface area contributed by atoms with E-state index in [1.54, 1.807) is 0 Å². The largest absolute Gasteiger partial charge is 0.481 e. The summed E-state index contributed by atoms with van der Waals surface area (Å²) in [5.41, 5.74) is 0. The van der Waals surface area contributed by atoms with Gasteiger partial charge in [-0.1, -0.05) is 46.0 Å². The van der Waals surface area contributed by atoms with Crippen LogP contribution in [0.3, 0.4) is 0 Å². The summed E-state index contributed by atoms with van der Waals surface area (Å²) >= 11 is 0. The van der Waals surface area contributed by atoms with Gasteiger partial charge in [-0.15, -0.1) is 0 Å². The van der Waals surface area contributed by atoms with E-state index in [2.05, 4.69) is 10.6 Å². The highest BCUT2D eigenvalue weighted by atomic mass is 16.4. The standard InChI is InChI=1S/C15H28N2O3/c1-11(2)13(10-14(18)19)17-15(20)16-9-8-12-6-4-3-5-7-12/h11-13H,3-10H2,1-2H3,(H,18,19)(H2,16,17,20). The number of hydrogen-bond acceptors (Lipinski definition) is 2. The maximum Gasteiger partial charge on any atom is 0.315 e. The smallest absolute Gasteiger partial charge is 0.315 e. The SMILES string of the molecule is CC(C)C(CC(=O)O)NC(=O)NCCC1CCCCC1. The Morgan fingerprint density at radius 2 is 1.85 bits per heavy atom. The number of aliphatic carboxylic acids is 1. The Labute approximate surface area is 121 Å². The Kier molecular flexibility index (Phi) is 7.41. The zero-order valence-corrected chi connectivity index (χ0v) is 12.7. The molecule has 0 bridgehead atoms. The normalized spacial score (nSPS) is 17.8. The van der Waals surface area contributed by atoms with Crippen molar-refractivity contribution in [3.8, 4) is 0 Å². The predicted molar refractivity (Wildman–Crippen MR) is 78.6 cm³/mol. The van der Waals surface area contributed by atoms with E-state index in [0.717, 1.165) is 12.3 Å². The minimum Gasteiger partial charge on any atom is -0.481 e. The number of urea groups is 1. The monoisotopic (exact) mass is 284 g/mol. The molecule has 2 amide bonds. The summed E-state index contributed by atoms with van der Waals surface area (Å²) in [5, 5.41) is 14.4. The lowest BCUT2D eigenvalue weighted by molar-refractivity contribution is -0.137. The number of rotatable bonds is 7. The molecule has 0 aromatic heterocycles. The van der Waals surface area contributed by atoms with Gasteiger partial charge in [0.1, 0.15) is 0 Å². The maximum absolute atomic E-state index is 11.8. The average Bonchev–Trinajstić information content (AvgIpc) is 2.38. The molecule has 1 atom stereocenters. The molecule has 5 heteroatoms. The van der Waals surface area contributed by atoms with Gasteiger partial charge in [-0.3, -0.25) is 4.79 Å². The van der Waals surface area contributed by atoms with Crippen LogP contribution in [-0.2, 0) is 4.79 Å². The van der Waals surface area contributed by atoms with Gasteiger partial charge in [-0.2, -0.15) is 0 Å². The molecule has 3 N–H and O–H groups in total. The molecule has 1 saturated carbocycles. The predicted octanol–water partition coefficient (Wildman–Crippen LogP) is 2.76. The minimum absolute atomic E-state index is 0.0340. The molecule has 0 aromatic carbocycles. The van der Waals surface area contributed by atoms with Gasteiger partial charge in [0.2, 0.25) is 0 Å². The first-order valence-corrected chi connectivity index (χ1v) is 7.75. The van der Waals surface area contributed by atoms with Crippen molar-refractivity contribution < 1.29 is 14.7 Å². The molecule has 0 heterocycles. The van der Waals surface area contributed by atoms with Gasteiger partial charge >= 0.3 is 12.0 Å². The van der Waals surface area contributed by atoms with Gasteiger partial charge in [-0.25, -0.2) is 4.79 Å². The first-order chi connectivity index (χ1) is 9.49. The van der Waals surface area contributed by atoms with E-state index < -0.39 is 5.97 Å². The van der Waals surface area contributed by atoms with Crippen molar-refractivity contribution in [2.24, 2.45) is 11.8 Å². The lowest BCUT2D eigenvalue weighted by atomic mass is 9.87. The molecule has 0 saturated heterocycles. The van der Waals surface area contributed by atoms with Crippen LogP contribution in [0, 0.1) is 11.8 Å². The maximum atomic E-state index is 11.8. The Bertz CT molecular complexity index is 312. The topological polar surface area (TPSA) is 78.4 Å². The summed E-state index contributed by atoms with van der Waals surface area (Å²) in [6.45, 7) is 4.50. The van der Waals surface area contributed by atoms with Gasteiger partial charge in [0.05, 0.1) is 6.42 Å². The van der Waals surface area contributed by atoms with Crippen molar-refractivity contribution in [1.29, 1.82) is 0 Å². The van der Waals surface area contributed by atoms with Crippen LogP contribution in [0.1, 0.15) is 58.8 Å². The number of amides is 2. The summed E-state index contributed by atoms with van der Waals surface area (Å²) in [6.07, 6.45) is 7.51. The summed E-state index contributed by atoms with van der Waals surface area (Å²) in [6, 6.07) is -0.567. The summed E-state index contributed by atoms with van der Waals surface area (Å²) < 4.78 is 0. The van der Waals surface area contributed by atoms with Gasteiger partial charge in [0.15, 0.2) is 0 Å². The number of hydrogen-bond donors (Lipinski definition) is 3. The van der Waals surface area contributed by atoms with Crippen LogP contribution >= 0.6 is 0 Å². The fourth-order valence-corrected chi connectivity index (χ4v) is 2.73. The molecule has 0 radical (unpaired) electrons. The second-order valence-corrected chi connectivity index (χ2v) is 6.14.